The molecule has 0 spiro atoms. The Morgan fingerprint density at radius 1 is 1.35 bits per heavy atom. The molecule has 1 N–H and O–H groups in total. The van der Waals surface area contributed by atoms with Crippen molar-refractivity contribution in [3.63, 3.8) is 0 Å². The minimum Gasteiger partial charge on any atom is -0.369 e. The first-order valence-corrected chi connectivity index (χ1v) is 7.54. The molecule has 2 aliphatic carbocycles. The van der Waals surface area contributed by atoms with Crippen molar-refractivity contribution in [1.82, 2.24) is 9.97 Å². The zero-order valence-corrected chi connectivity index (χ0v) is 12.5. The fourth-order valence-corrected chi connectivity index (χ4v) is 2.93. The third-order valence-corrected chi connectivity index (χ3v) is 4.79. The predicted octanol–water partition coefficient (Wildman–Crippen LogP) is 3.44. The molecule has 4 heteroatoms. The van der Waals surface area contributed by atoms with E-state index in [1.54, 1.807) is 0 Å². The lowest BCUT2D eigenvalue weighted by atomic mass is 10.1. The Balaban J connectivity index is 2.04. The highest BCUT2D eigenvalue weighted by Crippen LogP contribution is 2.48. The van der Waals surface area contributed by atoms with Crippen LogP contribution in [0.3, 0.4) is 0 Å². The van der Waals surface area contributed by atoms with Gasteiger partial charge >= 0.3 is 0 Å². The van der Waals surface area contributed by atoms with Crippen molar-refractivity contribution in [2.75, 3.05) is 11.9 Å². The number of rotatable bonds is 4. The molecule has 1 aromatic rings. The second kappa shape index (κ2) is 4.07. The van der Waals surface area contributed by atoms with E-state index in [2.05, 4.69) is 41.8 Å². The second-order valence-corrected chi connectivity index (χ2v) is 6.54. The van der Waals surface area contributed by atoms with E-state index in [4.69, 9.17) is 9.97 Å². The van der Waals surface area contributed by atoms with E-state index in [9.17, 15) is 0 Å². The van der Waals surface area contributed by atoms with Gasteiger partial charge in [-0.2, -0.15) is 0 Å². The van der Waals surface area contributed by atoms with Gasteiger partial charge in [0.05, 0.1) is 9.26 Å². The smallest absolute Gasteiger partial charge is 0.143 e. The Kier molecular flexibility index (Phi) is 2.80. The average molecular weight is 343 g/mol. The molecule has 1 aromatic heterocycles. The van der Waals surface area contributed by atoms with Gasteiger partial charge in [0.25, 0.3) is 0 Å². The van der Waals surface area contributed by atoms with Gasteiger partial charge in [-0.1, -0.05) is 6.92 Å². The van der Waals surface area contributed by atoms with Crippen LogP contribution in [0.5, 0.6) is 0 Å². The number of hydrogen-bond donors (Lipinski definition) is 1. The van der Waals surface area contributed by atoms with Gasteiger partial charge in [-0.25, -0.2) is 9.97 Å². The number of nitrogens with zero attached hydrogens (tertiary/aromatic N) is 2. The van der Waals surface area contributed by atoms with Gasteiger partial charge < -0.3 is 5.32 Å². The maximum atomic E-state index is 4.85. The van der Waals surface area contributed by atoms with Gasteiger partial charge in [0.1, 0.15) is 11.6 Å². The van der Waals surface area contributed by atoms with Gasteiger partial charge in [0, 0.05) is 17.9 Å². The van der Waals surface area contributed by atoms with Crippen molar-refractivity contribution in [3.05, 3.63) is 15.1 Å². The molecule has 0 radical (unpaired) electrons. The normalized spacial score (nSPS) is 21.4. The quantitative estimate of drug-likeness (QED) is 0.851. The van der Waals surface area contributed by atoms with E-state index in [1.807, 2.05) is 0 Å². The minimum atomic E-state index is 0.262. The highest BCUT2D eigenvalue weighted by Gasteiger charge is 2.43. The Morgan fingerprint density at radius 2 is 2.06 bits per heavy atom. The number of aromatic nitrogens is 2. The number of halogens is 1. The summed E-state index contributed by atoms with van der Waals surface area (Å²) in [4.78, 5) is 9.59. The summed E-state index contributed by atoms with van der Waals surface area (Å²) in [6.45, 7) is 5.32. The van der Waals surface area contributed by atoms with E-state index in [1.165, 1.54) is 34.9 Å². The summed E-state index contributed by atoms with van der Waals surface area (Å²) in [6, 6.07) is 0. The van der Waals surface area contributed by atoms with Crippen molar-refractivity contribution >= 4 is 28.4 Å². The summed E-state index contributed by atoms with van der Waals surface area (Å²) in [5, 5.41) is 3.38. The Hall–Kier alpha value is -0.390. The minimum absolute atomic E-state index is 0.262. The van der Waals surface area contributed by atoms with Gasteiger partial charge in [-0.15, -0.1) is 0 Å². The van der Waals surface area contributed by atoms with Crippen LogP contribution in [0.15, 0.2) is 0 Å². The standard InChI is InChI=1S/C13H18IN3/c1-3-15-11-9(14)10(8-4-5-8)16-12(17-11)13(2)6-7-13/h8H,3-7H2,1-2H3,(H,15,16,17). The molecular formula is C13H18IN3. The van der Waals surface area contributed by atoms with Crippen molar-refractivity contribution in [2.24, 2.45) is 0 Å². The first-order chi connectivity index (χ1) is 8.14. The number of nitrogens with one attached hydrogen (secondary N) is 1. The SMILES string of the molecule is CCNc1nc(C2(C)CC2)nc(C2CC2)c1I. The van der Waals surface area contributed by atoms with E-state index in [-0.39, 0.29) is 5.41 Å². The van der Waals surface area contributed by atoms with E-state index in [0.717, 1.165) is 18.2 Å². The maximum absolute atomic E-state index is 4.85. The molecule has 17 heavy (non-hydrogen) atoms. The highest BCUT2D eigenvalue weighted by atomic mass is 127. The molecule has 0 saturated heterocycles. The van der Waals surface area contributed by atoms with Crippen LogP contribution in [0.1, 0.15) is 57.0 Å². The Morgan fingerprint density at radius 3 is 2.59 bits per heavy atom. The molecule has 0 amide bonds. The Labute approximate surface area is 116 Å². The van der Waals surface area contributed by atoms with Crippen LogP contribution in [-0.2, 0) is 5.41 Å². The molecule has 2 aliphatic rings. The molecule has 2 saturated carbocycles. The molecule has 1 heterocycles. The maximum Gasteiger partial charge on any atom is 0.143 e. The lowest BCUT2D eigenvalue weighted by Crippen LogP contribution is -2.14. The van der Waals surface area contributed by atoms with Crippen LogP contribution in [0.4, 0.5) is 5.82 Å². The summed E-state index contributed by atoms with van der Waals surface area (Å²) in [6.07, 6.45) is 5.08. The monoisotopic (exact) mass is 343 g/mol. The third kappa shape index (κ3) is 2.16. The van der Waals surface area contributed by atoms with E-state index < -0.39 is 0 Å². The first kappa shape index (κ1) is 11.7. The van der Waals surface area contributed by atoms with Crippen LogP contribution in [0.25, 0.3) is 0 Å². The van der Waals surface area contributed by atoms with Crippen LogP contribution < -0.4 is 5.32 Å². The molecule has 2 fully saturated rings. The molecule has 0 atom stereocenters. The van der Waals surface area contributed by atoms with Crippen LogP contribution in [0, 0.1) is 3.57 Å². The van der Waals surface area contributed by atoms with Gasteiger partial charge in [0.15, 0.2) is 0 Å². The molecule has 0 aromatic carbocycles. The largest absolute Gasteiger partial charge is 0.369 e. The molecule has 0 bridgehead atoms. The second-order valence-electron chi connectivity index (χ2n) is 5.46. The first-order valence-electron chi connectivity index (χ1n) is 6.46. The molecule has 3 nitrogen and oxygen atoms in total. The van der Waals surface area contributed by atoms with Gasteiger partial charge in [-0.3, -0.25) is 0 Å². The van der Waals surface area contributed by atoms with Crippen molar-refractivity contribution < 1.29 is 0 Å². The third-order valence-electron chi connectivity index (χ3n) is 3.72. The van der Waals surface area contributed by atoms with Crippen LogP contribution >= 0.6 is 22.6 Å². The van der Waals surface area contributed by atoms with Crippen molar-refractivity contribution in [1.29, 1.82) is 0 Å². The highest BCUT2D eigenvalue weighted by molar-refractivity contribution is 14.1. The number of anilines is 1. The number of hydrogen-bond acceptors (Lipinski definition) is 3. The average Bonchev–Trinajstić information content (AvgIpc) is 3.17. The van der Waals surface area contributed by atoms with E-state index in [0.29, 0.717) is 5.92 Å². The fraction of sp³-hybridized carbons (Fsp3) is 0.692. The zero-order valence-electron chi connectivity index (χ0n) is 10.4. The Bertz CT molecular complexity index is 450. The molecule has 3 rings (SSSR count). The predicted molar refractivity (Wildman–Crippen MR) is 77.5 cm³/mol. The molecule has 92 valence electrons. The summed E-state index contributed by atoms with van der Waals surface area (Å²) in [5.41, 5.74) is 1.55. The lowest BCUT2D eigenvalue weighted by molar-refractivity contribution is 0.695. The van der Waals surface area contributed by atoms with E-state index >= 15 is 0 Å². The topological polar surface area (TPSA) is 37.8 Å². The molecule has 0 aliphatic heterocycles. The van der Waals surface area contributed by atoms with Gasteiger partial charge in [0.2, 0.25) is 0 Å². The summed E-state index contributed by atoms with van der Waals surface area (Å²) in [7, 11) is 0. The van der Waals surface area contributed by atoms with Crippen LogP contribution in [-0.4, -0.2) is 16.5 Å². The zero-order chi connectivity index (χ0) is 12.0. The fourth-order valence-electron chi connectivity index (χ4n) is 2.06. The van der Waals surface area contributed by atoms with Crippen LogP contribution in [0.2, 0.25) is 0 Å². The molecular weight excluding hydrogens is 325 g/mol. The summed E-state index contributed by atoms with van der Waals surface area (Å²) >= 11 is 2.40. The van der Waals surface area contributed by atoms with Crippen molar-refractivity contribution in [3.8, 4) is 0 Å². The molecule has 0 unspecified atom stereocenters. The summed E-state index contributed by atoms with van der Waals surface area (Å²) in [5.74, 6) is 2.81. The lowest BCUT2D eigenvalue weighted by Gasteiger charge is -2.14. The van der Waals surface area contributed by atoms with Gasteiger partial charge in [-0.05, 0) is 55.2 Å². The van der Waals surface area contributed by atoms with Crippen molar-refractivity contribution in [2.45, 2.75) is 50.9 Å². The summed E-state index contributed by atoms with van der Waals surface area (Å²) < 4.78 is 1.24.